The molecule has 2 aromatic rings. The molecular weight excluding hydrogens is 262 g/mol. The van der Waals surface area contributed by atoms with Crippen LogP contribution >= 0.6 is 0 Å². The van der Waals surface area contributed by atoms with Gasteiger partial charge in [0.05, 0.1) is 6.26 Å². The van der Waals surface area contributed by atoms with E-state index >= 15 is 0 Å². The van der Waals surface area contributed by atoms with Gasteiger partial charge in [-0.05, 0) is 31.9 Å². The lowest BCUT2D eigenvalue weighted by Crippen LogP contribution is -2.14. The first kappa shape index (κ1) is 14.0. The van der Waals surface area contributed by atoms with Crippen molar-refractivity contribution in [3.05, 3.63) is 59.6 Å². The molecule has 3 nitrogen and oxygen atoms in total. The molecule has 1 aliphatic carbocycles. The first-order valence-corrected chi connectivity index (χ1v) is 7.49. The third-order valence-electron chi connectivity index (χ3n) is 3.52. The lowest BCUT2D eigenvalue weighted by Gasteiger charge is -2.07. The van der Waals surface area contributed by atoms with Gasteiger partial charge in [0.2, 0.25) is 0 Å². The van der Waals surface area contributed by atoms with Crippen molar-refractivity contribution in [2.45, 2.75) is 39.0 Å². The predicted octanol–water partition coefficient (Wildman–Crippen LogP) is 4.14. The van der Waals surface area contributed by atoms with Gasteiger partial charge in [0.15, 0.2) is 0 Å². The Balaban J connectivity index is 1.57. The molecule has 1 aromatic heterocycles. The molecule has 0 atom stereocenters. The first-order chi connectivity index (χ1) is 10.3. The number of ether oxygens (including phenoxy) is 1. The van der Waals surface area contributed by atoms with E-state index in [0.29, 0.717) is 12.6 Å². The zero-order valence-electron chi connectivity index (χ0n) is 12.3. The monoisotopic (exact) mass is 283 g/mol. The Kier molecular flexibility index (Phi) is 4.41. The summed E-state index contributed by atoms with van der Waals surface area (Å²) in [6.45, 7) is 3.34. The van der Waals surface area contributed by atoms with Crippen molar-refractivity contribution < 1.29 is 9.15 Å². The van der Waals surface area contributed by atoms with Crippen LogP contribution in [-0.4, -0.2) is 6.04 Å². The molecule has 1 N–H and O–H groups in total. The van der Waals surface area contributed by atoms with Crippen molar-refractivity contribution in [2.24, 2.45) is 0 Å². The molecule has 0 unspecified atom stereocenters. The zero-order chi connectivity index (χ0) is 14.5. The summed E-state index contributed by atoms with van der Waals surface area (Å²) in [7, 11) is 0. The van der Waals surface area contributed by atoms with E-state index in [1.165, 1.54) is 18.4 Å². The van der Waals surface area contributed by atoms with Crippen LogP contribution in [0.25, 0.3) is 6.08 Å². The maximum Gasteiger partial charge on any atom is 0.146 e. The smallest absolute Gasteiger partial charge is 0.146 e. The lowest BCUT2D eigenvalue weighted by molar-refractivity contribution is 0.270. The zero-order valence-corrected chi connectivity index (χ0v) is 12.3. The Hall–Kier alpha value is -2.00. The summed E-state index contributed by atoms with van der Waals surface area (Å²) >= 11 is 0. The van der Waals surface area contributed by atoms with Crippen molar-refractivity contribution in [1.29, 1.82) is 0 Å². The minimum Gasteiger partial charge on any atom is -0.485 e. The van der Waals surface area contributed by atoms with E-state index in [2.05, 4.69) is 11.4 Å². The molecule has 1 aliphatic rings. The van der Waals surface area contributed by atoms with E-state index < -0.39 is 0 Å². The highest BCUT2D eigenvalue weighted by atomic mass is 16.5. The van der Waals surface area contributed by atoms with E-state index in [0.717, 1.165) is 23.6 Å². The summed E-state index contributed by atoms with van der Waals surface area (Å²) in [6.07, 6.45) is 8.47. The first-order valence-electron chi connectivity index (χ1n) is 7.49. The summed E-state index contributed by atoms with van der Waals surface area (Å²) in [6, 6.07) is 10.8. The average Bonchev–Trinajstić information content (AvgIpc) is 3.23. The quantitative estimate of drug-likeness (QED) is 0.829. The van der Waals surface area contributed by atoms with Gasteiger partial charge in [0.25, 0.3) is 0 Å². The van der Waals surface area contributed by atoms with Gasteiger partial charge in [-0.15, -0.1) is 0 Å². The van der Waals surface area contributed by atoms with Gasteiger partial charge >= 0.3 is 0 Å². The topological polar surface area (TPSA) is 34.4 Å². The summed E-state index contributed by atoms with van der Waals surface area (Å²) in [5, 5.41) is 3.48. The van der Waals surface area contributed by atoms with Crippen LogP contribution in [0, 0.1) is 0 Å². The molecule has 0 amide bonds. The van der Waals surface area contributed by atoms with E-state index in [1.807, 2.05) is 49.6 Å². The maximum absolute atomic E-state index is 5.86. The minimum atomic E-state index is 0.456. The molecule has 1 fully saturated rings. The van der Waals surface area contributed by atoms with Gasteiger partial charge in [-0.25, -0.2) is 0 Å². The second kappa shape index (κ2) is 6.64. The lowest BCUT2D eigenvalue weighted by atomic mass is 10.2. The Labute approximate surface area is 125 Å². The number of allylic oxidation sites excluding steroid dienone is 1. The molecule has 110 valence electrons. The molecule has 1 aromatic carbocycles. The van der Waals surface area contributed by atoms with Crippen LogP contribution in [0.3, 0.4) is 0 Å². The van der Waals surface area contributed by atoms with Crippen molar-refractivity contribution >= 4 is 6.08 Å². The molecule has 0 saturated heterocycles. The van der Waals surface area contributed by atoms with Crippen molar-refractivity contribution in [3.8, 4) is 5.75 Å². The van der Waals surface area contributed by atoms with E-state index in [-0.39, 0.29) is 0 Å². The Morgan fingerprint density at radius 2 is 2.19 bits per heavy atom. The second-order valence-corrected chi connectivity index (χ2v) is 5.40. The fourth-order valence-electron chi connectivity index (χ4n) is 2.22. The van der Waals surface area contributed by atoms with Crippen LogP contribution in [0.1, 0.15) is 36.7 Å². The number of para-hydroxylation sites is 1. The van der Waals surface area contributed by atoms with Crippen molar-refractivity contribution in [1.82, 2.24) is 5.32 Å². The SMILES string of the molecule is CC=Cc1ccccc1OCc1cc(CNC2CC2)co1. The van der Waals surface area contributed by atoms with Crippen molar-refractivity contribution in [2.75, 3.05) is 0 Å². The average molecular weight is 283 g/mol. The molecular formula is C18H21NO2. The number of hydrogen-bond acceptors (Lipinski definition) is 3. The number of nitrogens with one attached hydrogen (secondary N) is 1. The third kappa shape index (κ3) is 3.99. The van der Waals surface area contributed by atoms with Crippen LogP contribution < -0.4 is 10.1 Å². The Morgan fingerprint density at radius 1 is 1.33 bits per heavy atom. The summed E-state index contributed by atoms with van der Waals surface area (Å²) < 4.78 is 11.4. The Bertz CT molecular complexity index is 611. The van der Waals surface area contributed by atoms with E-state index in [1.54, 1.807) is 0 Å². The molecule has 21 heavy (non-hydrogen) atoms. The van der Waals surface area contributed by atoms with Crippen LogP contribution in [0.2, 0.25) is 0 Å². The summed E-state index contributed by atoms with van der Waals surface area (Å²) in [5.41, 5.74) is 2.27. The highest BCUT2D eigenvalue weighted by Gasteiger charge is 2.20. The molecule has 1 heterocycles. The van der Waals surface area contributed by atoms with Crippen LogP contribution in [0.4, 0.5) is 0 Å². The third-order valence-corrected chi connectivity index (χ3v) is 3.52. The van der Waals surface area contributed by atoms with Gasteiger partial charge < -0.3 is 14.5 Å². The highest BCUT2D eigenvalue weighted by Crippen LogP contribution is 2.22. The molecule has 0 radical (unpaired) electrons. The van der Waals surface area contributed by atoms with Gasteiger partial charge in [0, 0.05) is 23.7 Å². The standard InChI is InChI=1S/C18H21NO2/c1-2-5-15-6-3-4-7-18(15)21-13-17-10-14(12-20-17)11-19-16-8-9-16/h2-7,10,12,16,19H,8-9,11,13H2,1H3. The second-order valence-electron chi connectivity index (χ2n) is 5.40. The number of furan rings is 1. The van der Waals surface area contributed by atoms with Gasteiger partial charge in [-0.3, -0.25) is 0 Å². The van der Waals surface area contributed by atoms with E-state index in [4.69, 9.17) is 9.15 Å². The fourth-order valence-corrected chi connectivity index (χ4v) is 2.22. The predicted molar refractivity (Wildman–Crippen MR) is 84.1 cm³/mol. The normalized spacial score (nSPS) is 14.7. The maximum atomic E-state index is 5.86. The van der Waals surface area contributed by atoms with Gasteiger partial charge in [-0.2, -0.15) is 0 Å². The highest BCUT2D eigenvalue weighted by molar-refractivity contribution is 5.56. The summed E-state index contributed by atoms with van der Waals surface area (Å²) in [4.78, 5) is 0. The molecule has 3 rings (SSSR count). The van der Waals surface area contributed by atoms with Crippen molar-refractivity contribution in [3.63, 3.8) is 0 Å². The molecule has 0 spiro atoms. The summed E-state index contributed by atoms with van der Waals surface area (Å²) in [5.74, 6) is 1.74. The minimum absolute atomic E-state index is 0.456. The molecule has 1 saturated carbocycles. The van der Waals surface area contributed by atoms with E-state index in [9.17, 15) is 0 Å². The molecule has 0 bridgehead atoms. The largest absolute Gasteiger partial charge is 0.485 e. The molecule has 0 aliphatic heterocycles. The van der Waals surface area contributed by atoms with Gasteiger partial charge in [0.1, 0.15) is 18.1 Å². The molecule has 3 heteroatoms. The number of rotatable bonds is 7. The van der Waals surface area contributed by atoms with Gasteiger partial charge in [-0.1, -0.05) is 30.4 Å². The van der Waals surface area contributed by atoms with Crippen LogP contribution in [0.5, 0.6) is 5.75 Å². The van der Waals surface area contributed by atoms with Crippen LogP contribution in [0.15, 0.2) is 47.1 Å². The number of hydrogen-bond donors (Lipinski definition) is 1. The van der Waals surface area contributed by atoms with Crippen LogP contribution in [-0.2, 0) is 13.2 Å². The number of benzene rings is 1. The fraction of sp³-hybridized carbons (Fsp3) is 0.333. The Morgan fingerprint density at radius 3 is 3.00 bits per heavy atom.